The molecule has 0 aliphatic carbocycles. The highest BCUT2D eigenvalue weighted by Gasteiger charge is 2.30. The third kappa shape index (κ3) is 1.06. The maximum Gasteiger partial charge on any atom is 0.340 e. The second kappa shape index (κ2) is 2.93. The number of ether oxygens (including phenoxy) is 1. The van der Waals surface area contributed by atoms with Crippen molar-refractivity contribution >= 4 is 27.2 Å². The lowest BCUT2D eigenvalue weighted by molar-refractivity contribution is 0.0540. The molecular weight excluding hydrogens is 271 g/mol. The number of hydrogen-bond donors (Lipinski definition) is 0. The molecule has 0 spiro atoms. The van der Waals surface area contributed by atoms with Crippen LogP contribution in [0.1, 0.15) is 20.0 Å². The third-order valence-corrected chi connectivity index (χ3v) is 3.10. The van der Waals surface area contributed by atoms with Gasteiger partial charge < -0.3 is 4.74 Å². The molecule has 3 nitrogen and oxygen atoms in total. The zero-order chi connectivity index (χ0) is 8.55. The van der Waals surface area contributed by atoms with Crippen molar-refractivity contribution in [3.8, 4) is 0 Å². The van der Waals surface area contributed by atoms with Gasteiger partial charge in [-0.05, 0) is 6.07 Å². The average molecular weight is 276 g/mol. The summed E-state index contributed by atoms with van der Waals surface area (Å²) in [5.74, 6) is -0.355. The number of alkyl halides is 1. The van der Waals surface area contributed by atoms with Gasteiger partial charge in [0.25, 0.3) is 0 Å². The Balaban J connectivity index is 2.57. The van der Waals surface area contributed by atoms with E-state index < -0.39 is 25.3 Å². The minimum atomic E-state index is -1.31. The number of benzene rings is 1. The van der Waals surface area contributed by atoms with Crippen LogP contribution in [-0.2, 0) is 7.81 Å². The number of carbonyl (C=O) groups excluding carboxylic acids is 1. The van der Waals surface area contributed by atoms with E-state index >= 15 is 0 Å². The monoisotopic (exact) mass is 276 g/mol. The van der Waals surface area contributed by atoms with Crippen LogP contribution in [0.5, 0.6) is 0 Å². The van der Waals surface area contributed by atoms with Crippen LogP contribution in [0.4, 0.5) is 0 Å². The first-order valence-corrected chi connectivity index (χ1v) is 5.51. The molecule has 1 aromatic rings. The summed E-state index contributed by atoms with van der Waals surface area (Å²) in [5, 5.41) is 0. The molecule has 1 atom stereocenters. The van der Waals surface area contributed by atoms with Crippen LogP contribution < -0.4 is 0 Å². The number of halogens is 1. The quantitative estimate of drug-likeness (QED) is 0.448. The maximum absolute atomic E-state index is 11.1. The Morgan fingerprint density at radius 2 is 2.08 bits per heavy atom. The van der Waals surface area contributed by atoms with Crippen LogP contribution in [0.2, 0.25) is 0 Å². The molecule has 0 saturated heterocycles. The molecule has 0 N–H and O–H groups in total. The van der Waals surface area contributed by atoms with Gasteiger partial charge in [-0.15, -0.1) is 0 Å². The molecule has 62 valence electrons. The van der Waals surface area contributed by atoms with E-state index in [4.69, 9.17) is 4.74 Å². The van der Waals surface area contributed by atoms with E-state index in [0.29, 0.717) is 5.56 Å². The molecule has 0 aromatic heterocycles. The zero-order valence-electron chi connectivity index (χ0n) is 5.99. The first-order chi connectivity index (χ1) is 5.83. The predicted molar refractivity (Wildman–Crippen MR) is 49.3 cm³/mol. The smallest absolute Gasteiger partial charge is 0.340 e. The van der Waals surface area contributed by atoms with E-state index in [9.17, 15) is 7.86 Å². The summed E-state index contributed by atoms with van der Waals surface area (Å²) in [6.45, 7) is 0. The molecule has 1 aliphatic heterocycles. The number of rotatable bonds is 1. The molecule has 1 heterocycles. The number of esters is 1. The Hall–Kier alpha value is -0.780. The van der Waals surface area contributed by atoms with E-state index in [0.717, 1.165) is 5.56 Å². The number of fused-ring (bicyclic) bond motifs is 1. The van der Waals surface area contributed by atoms with Crippen LogP contribution in [0.15, 0.2) is 24.3 Å². The minimum Gasteiger partial charge on any atom is -0.440 e. The molecule has 0 amide bonds. The first kappa shape index (κ1) is 7.85. The van der Waals surface area contributed by atoms with Gasteiger partial charge in [-0.25, -0.2) is 4.79 Å². The second-order valence-corrected chi connectivity index (χ2v) is 4.04. The normalized spacial score (nSPS) is 20.3. The molecule has 12 heavy (non-hydrogen) atoms. The number of carbonyl (C=O) groups is 1. The van der Waals surface area contributed by atoms with E-state index in [2.05, 4.69) is 0 Å². The standard InChI is InChI=1S/C8H5IO3/c10-8-6-4-2-1-3-5(6)7(9-11)12-8/h1-4,7H. The fourth-order valence-corrected chi connectivity index (χ4v) is 2.32. The Morgan fingerprint density at radius 1 is 1.33 bits per heavy atom. The third-order valence-electron chi connectivity index (χ3n) is 1.72. The van der Waals surface area contributed by atoms with Crippen molar-refractivity contribution in [2.75, 3.05) is 0 Å². The molecule has 0 fully saturated rings. The summed E-state index contributed by atoms with van der Waals surface area (Å²) in [4.78, 5) is 11.1. The van der Waals surface area contributed by atoms with Gasteiger partial charge >= 0.3 is 5.97 Å². The van der Waals surface area contributed by atoms with Crippen LogP contribution in [0.3, 0.4) is 0 Å². The summed E-state index contributed by atoms with van der Waals surface area (Å²) < 4.78 is 15.1. The SMILES string of the molecule is O=IC1OC(=O)c2ccccc21. The van der Waals surface area contributed by atoms with Gasteiger partial charge in [0.05, 0.1) is 5.56 Å². The lowest BCUT2D eigenvalue weighted by Crippen LogP contribution is -1.92. The Kier molecular flexibility index (Phi) is 1.92. The summed E-state index contributed by atoms with van der Waals surface area (Å²) in [6.07, 6.45) is 0. The van der Waals surface area contributed by atoms with Crippen molar-refractivity contribution in [1.29, 1.82) is 0 Å². The Labute approximate surface area is 79.4 Å². The van der Waals surface area contributed by atoms with Gasteiger partial charge in [-0.3, -0.25) is 3.07 Å². The molecule has 2 rings (SSSR count). The molecule has 0 bridgehead atoms. The maximum atomic E-state index is 11.1. The fraction of sp³-hybridized carbons (Fsp3) is 0.125. The molecule has 1 unspecified atom stereocenters. The Morgan fingerprint density at radius 3 is 2.83 bits per heavy atom. The second-order valence-electron chi connectivity index (χ2n) is 2.40. The average Bonchev–Trinajstić information content (AvgIpc) is 2.44. The van der Waals surface area contributed by atoms with Crippen molar-refractivity contribution in [1.82, 2.24) is 0 Å². The van der Waals surface area contributed by atoms with Gasteiger partial charge in [0.1, 0.15) is 0 Å². The van der Waals surface area contributed by atoms with Crippen LogP contribution in [-0.4, -0.2) is 5.97 Å². The van der Waals surface area contributed by atoms with Gasteiger partial charge in [0, 0.05) is 5.56 Å². The van der Waals surface area contributed by atoms with Crippen molar-refractivity contribution in [2.24, 2.45) is 0 Å². The van der Waals surface area contributed by atoms with Gasteiger partial charge in [-0.1, -0.05) is 18.2 Å². The molecule has 0 saturated carbocycles. The van der Waals surface area contributed by atoms with E-state index in [-0.39, 0.29) is 5.97 Å². The minimum absolute atomic E-state index is 0.355. The van der Waals surface area contributed by atoms with Crippen molar-refractivity contribution in [2.45, 2.75) is 4.11 Å². The zero-order valence-corrected chi connectivity index (χ0v) is 8.15. The highest BCUT2D eigenvalue weighted by atomic mass is 127. The number of hydrogen-bond acceptors (Lipinski definition) is 3. The van der Waals surface area contributed by atoms with Crippen LogP contribution >= 0.6 is 21.2 Å². The molecule has 0 radical (unpaired) electrons. The summed E-state index contributed by atoms with van der Waals surface area (Å²) >= 11 is -1.31. The largest absolute Gasteiger partial charge is 0.440 e. The molecule has 4 heteroatoms. The fourth-order valence-electron chi connectivity index (χ4n) is 1.17. The lowest BCUT2D eigenvalue weighted by atomic mass is 10.1. The van der Waals surface area contributed by atoms with Crippen molar-refractivity contribution < 1.29 is 12.6 Å². The van der Waals surface area contributed by atoms with Crippen LogP contribution in [0, 0.1) is 0 Å². The highest BCUT2D eigenvalue weighted by Crippen LogP contribution is 2.37. The first-order valence-electron chi connectivity index (χ1n) is 3.38. The highest BCUT2D eigenvalue weighted by molar-refractivity contribution is 14.1. The number of cyclic esters (lactones) is 1. The molecular formula is C8H5IO3. The Bertz CT molecular complexity index is 348. The van der Waals surface area contributed by atoms with E-state index in [1.54, 1.807) is 18.2 Å². The summed E-state index contributed by atoms with van der Waals surface area (Å²) in [6, 6.07) is 7.05. The molecule has 1 aromatic carbocycles. The van der Waals surface area contributed by atoms with Gasteiger partial charge in [0.2, 0.25) is 4.11 Å². The van der Waals surface area contributed by atoms with E-state index in [1.807, 2.05) is 6.07 Å². The topological polar surface area (TPSA) is 43.4 Å². The van der Waals surface area contributed by atoms with Gasteiger partial charge in [0.15, 0.2) is 21.2 Å². The summed E-state index contributed by atoms with van der Waals surface area (Å²) in [5.41, 5.74) is 1.32. The van der Waals surface area contributed by atoms with Crippen molar-refractivity contribution in [3.63, 3.8) is 0 Å². The lowest BCUT2D eigenvalue weighted by Gasteiger charge is -1.97. The predicted octanol–water partition coefficient (Wildman–Crippen LogP) is 2.17. The summed E-state index contributed by atoms with van der Waals surface area (Å²) in [7, 11) is 0. The van der Waals surface area contributed by atoms with Gasteiger partial charge in [-0.2, -0.15) is 0 Å². The van der Waals surface area contributed by atoms with Crippen molar-refractivity contribution in [3.05, 3.63) is 35.4 Å². The molecule has 1 aliphatic rings. The van der Waals surface area contributed by atoms with Crippen LogP contribution in [0.25, 0.3) is 0 Å². The van der Waals surface area contributed by atoms with E-state index in [1.165, 1.54) is 0 Å².